The van der Waals surface area contributed by atoms with Crippen LogP contribution in [0.15, 0.2) is 73.1 Å². The van der Waals surface area contributed by atoms with Crippen LogP contribution in [-0.4, -0.2) is 16.2 Å². The van der Waals surface area contributed by atoms with E-state index in [1.807, 2.05) is 37.4 Å². The molecule has 0 saturated heterocycles. The molecule has 0 spiro atoms. The van der Waals surface area contributed by atoms with Gasteiger partial charge in [0.25, 0.3) is 0 Å². The molecule has 4 aromatic carbocycles. The zero-order valence-corrected chi connectivity index (χ0v) is 49.9. The number of rotatable bonds is 11. The summed E-state index contributed by atoms with van der Waals surface area (Å²) >= 11 is 18.0. The van der Waals surface area contributed by atoms with E-state index < -0.39 is 0 Å². The van der Waals surface area contributed by atoms with Crippen LogP contribution >= 0.6 is 34.8 Å². The predicted octanol–water partition coefficient (Wildman–Crippen LogP) is 20.9. The summed E-state index contributed by atoms with van der Waals surface area (Å²) in [6, 6.07) is 20.5. The van der Waals surface area contributed by atoms with E-state index >= 15 is 0 Å². The molecule has 0 bridgehead atoms. The molecule has 1 N–H and O–H groups in total. The molecule has 0 amide bonds. The molecule has 0 unspecified atom stereocenters. The van der Waals surface area contributed by atoms with Crippen molar-refractivity contribution >= 4 is 34.8 Å². The molecule has 5 rings (SSSR count). The molecule has 0 atom stereocenters. The SMILES string of the molecule is CCC(CC)C(C)C.Cc1cc(CO)cc(C)c1C(C)C.Cc1cc(OC(C)C)cc(C)c1C(C)C.Cc1cccc(Cl)c1C(C)C.Cc1cccc(Cl)c1C(C)C.Cc1cncc(Cl)c1C(C)C. The molecule has 5 aromatic rings. The van der Waals surface area contributed by atoms with Crippen molar-refractivity contribution in [2.45, 2.75) is 214 Å². The highest BCUT2D eigenvalue weighted by Gasteiger charge is 2.12. The Morgan fingerprint density at radius 1 is 0.449 bits per heavy atom. The molecular weight excluding hydrogens is 909 g/mol. The van der Waals surface area contributed by atoms with Gasteiger partial charge < -0.3 is 9.84 Å². The van der Waals surface area contributed by atoms with Gasteiger partial charge in [0, 0.05) is 22.4 Å². The number of nitrogens with zero attached hydrogens (tertiary/aromatic N) is 1. The van der Waals surface area contributed by atoms with Crippen LogP contribution in [0.4, 0.5) is 0 Å². The minimum Gasteiger partial charge on any atom is -0.491 e. The van der Waals surface area contributed by atoms with Gasteiger partial charge in [0.05, 0.1) is 17.7 Å². The molecule has 0 radical (unpaired) electrons. The van der Waals surface area contributed by atoms with Crippen LogP contribution in [0.25, 0.3) is 0 Å². The van der Waals surface area contributed by atoms with Crippen LogP contribution in [-0.2, 0) is 6.61 Å². The fraction of sp³-hybridized carbons (Fsp3) is 0.540. The van der Waals surface area contributed by atoms with Gasteiger partial charge in [0.15, 0.2) is 0 Å². The Morgan fingerprint density at radius 3 is 1.03 bits per heavy atom. The molecule has 6 heteroatoms. The quantitative estimate of drug-likeness (QED) is 0.143. The molecule has 0 aliphatic heterocycles. The van der Waals surface area contributed by atoms with Gasteiger partial charge >= 0.3 is 0 Å². The van der Waals surface area contributed by atoms with Gasteiger partial charge in [-0.05, 0) is 200 Å². The van der Waals surface area contributed by atoms with Crippen LogP contribution in [0.3, 0.4) is 0 Å². The third-order valence-corrected chi connectivity index (χ3v) is 13.3. The average molecular weight is 1010 g/mol. The standard InChI is InChI=1S/C14H22O.C12H18O.2C10H13Cl.C9H12ClN.C8H18/c1-9(2)14-11(5)7-13(8-12(14)6)15-10(3)4;1-8(2)12-9(3)5-11(7-13)6-10(12)4;2*1-7(2)10-8(3)5-4-6-9(10)11;1-6(2)9-7(3)4-11-5-8(9)10;1-5-8(6-2)7(3)4/h7-10H,1-6H3;5-6,8,13H,7H2,1-4H3;2*4-7H,1-3H3;4-6H,1-3H3;7-8H,5-6H2,1-4H3. The van der Waals surface area contributed by atoms with Gasteiger partial charge in [-0.1, -0.05) is 181 Å². The fourth-order valence-corrected chi connectivity index (χ4v) is 10.8. The normalized spacial score (nSPS) is 10.9. The second-order valence-electron chi connectivity index (χ2n) is 20.8. The van der Waals surface area contributed by atoms with Gasteiger partial charge in [-0.2, -0.15) is 0 Å². The molecule has 1 heterocycles. The van der Waals surface area contributed by atoms with Crippen molar-refractivity contribution in [3.8, 4) is 5.75 Å². The highest BCUT2D eigenvalue weighted by atomic mass is 35.5. The minimum atomic E-state index is 0.139. The third-order valence-electron chi connectivity index (χ3n) is 12.3. The number of benzene rings is 4. The van der Waals surface area contributed by atoms with Gasteiger partial charge in [-0.25, -0.2) is 0 Å². The highest BCUT2D eigenvalue weighted by molar-refractivity contribution is 6.32. The van der Waals surface area contributed by atoms with Crippen LogP contribution < -0.4 is 4.74 Å². The summed E-state index contributed by atoms with van der Waals surface area (Å²) in [7, 11) is 0. The van der Waals surface area contributed by atoms with E-state index in [1.54, 1.807) is 6.20 Å². The van der Waals surface area contributed by atoms with Crippen LogP contribution in [0.2, 0.25) is 15.1 Å². The van der Waals surface area contributed by atoms with Gasteiger partial charge in [-0.15, -0.1) is 0 Å². The first-order valence-electron chi connectivity index (χ1n) is 25.7. The second kappa shape index (κ2) is 33.3. The Balaban J connectivity index is 0.000000812. The maximum absolute atomic E-state index is 9.02. The summed E-state index contributed by atoms with van der Waals surface area (Å²) in [5.41, 5.74) is 16.6. The van der Waals surface area contributed by atoms with Crippen molar-refractivity contribution in [1.82, 2.24) is 4.98 Å². The lowest BCUT2D eigenvalue weighted by atomic mass is 9.91. The summed E-state index contributed by atoms with van der Waals surface area (Å²) in [6.07, 6.45) is 6.47. The van der Waals surface area contributed by atoms with E-state index in [1.165, 1.54) is 79.6 Å². The van der Waals surface area contributed by atoms with E-state index in [0.717, 1.165) is 38.2 Å². The highest BCUT2D eigenvalue weighted by Crippen LogP contribution is 2.30. The Hall–Kier alpha value is -3.34. The number of ether oxygens (including phenoxy) is 1. The van der Waals surface area contributed by atoms with Gasteiger partial charge in [0.1, 0.15) is 5.75 Å². The molecule has 0 aliphatic carbocycles. The number of hydrogen-bond donors (Lipinski definition) is 1. The van der Waals surface area contributed by atoms with Crippen molar-refractivity contribution in [2.24, 2.45) is 11.8 Å². The Labute approximate surface area is 439 Å². The number of aromatic nitrogens is 1. The lowest BCUT2D eigenvalue weighted by Crippen LogP contribution is -2.07. The Bertz CT molecular complexity index is 1990. The minimum absolute atomic E-state index is 0.139. The first-order valence-corrected chi connectivity index (χ1v) is 26.8. The molecule has 386 valence electrons. The lowest BCUT2D eigenvalue weighted by Gasteiger charge is -2.17. The largest absolute Gasteiger partial charge is 0.491 e. The number of pyridine rings is 1. The van der Waals surface area contributed by atoms with Crippen LogP contribution in [0.1, 0.15) is 226 Å². The van der Waals surface area contributed by atoms with Crippen molar-refractivity contribution in [2.75, 3.05) is 0 Å². The van der Waals surface area contributed by atoms with Gasteiger partial charge in [-0.3, -0.25) is 4.98 Å². The summed E-state index contributed by atoms with van der Waals surface area (Å²) in [5.74, 6) is 5.48. The molecule has 0 aliphatic rings. The smallest absolute Gasteiger partial charge is 0.120 e. The lowest BCUT2D eigenvalue weighted by molar-refractivity contribution is 0.242. The van der Waals surface area contributed by atoms with Crippen molar-refractivity contribution in [3.05, 3.63) is 160 Å². The molecular formula is C63H96Cl3NO2. The van der Waals surface area contributed by atoms with E-state index in [2.05, 4.69) is 194 Å². The zero-order chi connectivity index (χ0) is 53.5. The summed E-state index contributed by atoms with van der Waals surface area (Å²) in [4.78, 5) is 3.99. The molecule has 69 heavy (non-hydrogen) atoms. The van der Waals surface area contributed by atoms with Crippen LogP contribution in [0.5, 0.6) is 5.75 Å². The van der Waals surface area contributed by atoms with E-state index in [0.29, 0.717) is 29.6 Å². The summed E-state index contributed by atoms with van der Waals surface area (Å²) in [5, 5.41) is 11.6. The maximum atomic E-state index is 9.02. The second-order valence-corrected chi connectivity index (χ2v) is 22.0. The average Bonchev–Trinajstić information content (AvgIpc) is 3.21. The number of aliphatic hydroxyl groups is 1. The number of halogens is 3. The molecule has 1 aromatic heterocycles. The molecule has 0 fully saturated rings. The predicted molar refractivity (Wildman–Crippen MR) is 309 cm³/mol. The summed E-state index contributed by atoms with van der Waals surface area (Å²) < 4.78 is 5.71. The molecule has 0 saturated carbocycles. The van der Waals surface area contributed by atoms with E-state index in [-0.39, 0.29) is 12.7 Å². The fourth-order valence-electron chi connectivity index (χ4n) is 9.51. The maximum Gasteiger partial charge on any atom is 0.120 e. The van der Waals surface area contributed by atoms with Crippen molar-refractivity contribution < 1.29 is 9.84 Å². The number of hydrogen-bond acceptors (Lipinski definition) is 3. The zero-order valence-electron chi connectivity index (χ0n) is 47.6. The first-order chi connectivity index (χ1) is 32.1. The Kier molecular flexibility index (Phi) is 31.7. The van der Waals surface area contributed by atoms with Gasteiger partial charge in [0.2, 0.25) is 0 Å². The monoisotopic (exact) mass is 1000 g/mol. The topological polar surface area (TPSA) is 42.4 Å². The molecule has 3 nitrogen and oxygen atoms in total. The Morgan fingerprint density at radius 2 is 0.797 bits per heavy atom. The van der Waals surface area contributed by atoms with E-state index in [4.69, 9.17) is 44.6 Å². The summed E-state index contributed by atoms with van der Waals surface area (Å²) in [6.45, 7) is 50.0. The number of aryl methyl sites for hydroxylation is 7. The van der Waals surface area contributed by atoms with Crippen LogP contribution in [0, 0.1) is 60.3 Å². The van der Waals surface area contributed by atoms with E-state index in [9.17, 15) is 0 Å². The third kappa shape index (κ3) is 23.2. The van der Waals surface area contributed by atoms with Crippen molar-refractivity contribution in [1.29, 1.82) is 0 Å². The van der Waals surface area contributed by atoms with Crippen molar-refractivity contribution in [3.63, 3.8) is 0 Å². The number of aliphatic hydroxyl groups excluding tert-OH is 1. The first kappa shape index (κ1) is 65.7.